The standard InChI is InChI=1S/C23H30N4O2.4ClH/c24-23(25)19-5-1-3-18(17-19)4-2-14-27(15-16-28)20-6-8-21(9-7-20)29-22-10-12-26-13-11-22;;;;/h1-9,17,22,26,28H,10-16H2,(H3,24,25);4*1H/b4-2+;;;;. The number of hydrogen-bond donors (Lipinski definition) is 4. The van der Waals surface area contributed by atoms with Crippen molar-refractivity contribution < 1.29 is 9.84 Å². The molecule has 0 aromatic heterocycles. The molecule has 0 bridgehead atoms. The highest BCUT2D eigenvalue weighted by Crippen LogP contribution is 2.22. The summed E-state index contributed by atoms with van der Waals surface area (Å²) in [5.41, 5.74) is 8.30. The first-order valence-corrected chi connectivity index (χ1v) is 10.1. The van der Waals surface area contributed by atoms with Gasteiger partial charge in [0.2, 0.25) is 0 Å². The lowest BCUT2D eigenvalue weighted by Crippen LogP contribution is -2.34. The van der Waals surface area contributed by atoms with Gasteiger partial charge in [0.15, 0.2) is 0 Å². The average molecular weight is 540 g/mol. The maximum atomic E-state index is 9.45. The second kappa shape index (κ2) is 17.8. The van der Waals surface area contributed by atoms with E-state index in [4.69, 9.17) is 15.9 Å². The molecule has 0 radical (unpaired) electrons. The third-order valence-corrected chi connectivity index (χ3v) is 4.99. The molecule has 1 heterocycles. The van der Waals surface area contributed by atoms with Gasteiger partial charge in [-0.3, -0.25) is 5.41 Å². The van der Waals surface area contributed by atoms with Crippen molar-refractivity contribution in [3.05, 3.63) is 65.7 Å². The zero-order valence-electron chi connectivity index (χ0n) is 18.3. The Morgan fingerprint density at radius 3 is 2.36 bits per heavy atom. The molecule has 0 unspecified atom stereocenters. The summed E-state index contributed by atoms with van der Waals surface area (Å²) in [4.78, 5) is 2.11. The number of rotatable bonds is 9. The van der Waals surface area contributed by atoms with Gasteiger partial charge < -0.3 is 25.8 Å². The first-order chi connectivity index (χ1) is 14.2. The molecular formula is C23H34Cl4N4O2. The summed E-state index contributed by atoms with van der Waals surface area (Å²) in [6, 6.07) is 15.7. The molecule has 5 N–H and O–H groups in total. The molecule has 1 aliphatic heterocycles. The molecule has 0 atom stereocenters. The molecule has 1 aliphatic rings. The molecule has 0 saturated carbocycles. The van der Waals surface area contributed by atoms with Crippen molar-refractivity contribution in [2.45, 2.75) is 18.9 Å². The number of nitrogen functional groups attached to an aromatic ring is 1. The average Bonchev–Trinajstić information content (AvgIpc) is 2.75. The van der Waals surface area contributed by atoms with Gasteiger partial charge in [-0.05, 0) is 61.8 Å². The second-order valence-corrected chi connectivity index (χ2v) is 7.17. The molecule has 10 heteroatoms. The van der Waals surface area contributed by atoms with Crippen LogP contribution >= 0.6 is 49.6 Å². The predicted octanol–water partition coefficient (Wildman–Crippen LogP) is 4.30. The van der Waals surface area contributed by atoms with E-state index in [0.29, 0.717) is 18.7 Å². The summed E-state index contributed by atoms with van der Waals surface area (Å²) in [5, 5.41) is 20.3. The van der Waals surface area contributed by atoms with E-state index in [1.165, 1.54) is 0 Å². The van der Waals surface area contributed by atoms with Crippen LogP contribution in [0.5, 0.6) is 5.75 Å². The van der Waals surface area contributed by atoms with Crippen LogP contribution < -0.4 is 20.7 Å². The Kier molecular flexibility index (Phi) is 18.0. The van der Waals surface area contributed by atoms with Gasteiger partial charge >= 0.3 is 0 Å². The molecule has 1 fully saturated rings. The predicted molar refractivity (Wildman–Crippen MR) is 148 cm³/mol. The number of halogens is 4. The van der Waals surface area contributed by atoms with Crippen LogP contribution in [0.25, 0.3) is 6.08 Å². The lowest BCUT2D eigenvalue weighted by Gasteiger charge is -2.25. The molecule has 3 rings (SSSR count). The Bertz CT molecular complexity index is 831. The molecule has 2 aromatic rings. The summed E-state index contributed by atoms with van der Waals surface area (Å²) in [6.45, 7) is 3.32. The monoisotopic (exact) mass is 538 g/mol. The normalized spacial score (nSPS) is 13.0. The second-order valence-electron chi connectivity index (χ2n) is 7.17. The maximum Gasteiger partial charge on any atom is 0.122 e. The molecule has 6 nitrogen and oxygen atoms in total. The third-order valence-electron chi connectivity index (χ3n) is 4.99. The largest absolute Gasteiger partial charge is 0.490 e. The fourth-order valence-corrected chi connectivity index (χ4v) is 3.41. The van der Waals surface area contributed by atoms with Crippen LogP contribution in [0.3, 0.4) is 0 Å². The summed E-state index contributed by atoms with van der Waals surface area (Å²) in [5.74, 6) is 0.954. The first-order valence-electron chi connectivity index (χ1n) is 10.1. The molecule has 186 valence electrons. The SMILES string of the molecule is Cl.Cl.Cl.Cl.N=C(N)c1cccc(/C=C/CN(CCO)c2ccc(OC3CCNCC3)cc2)c1. The van der Waals surface area contributed by atoms with Gasteiger partial charge in [0.05, 0.1) is 6.61 Å². The first kappa shape index (κ1) is 33.5. The summed E-state index contributed by atoms with van der Waals surface area (Å²) in [7, 11) is 0. The van der Waals surface area contributed by atoms with Gasteiger partial charge in [-0.2, -0.15) is 0 Å². The van der Waals surface area contributed by atoms with E-state index in [1.807, 2.05) is 60.7 Å². The summed E-state index contributed by atoms with van der Waals surface area (Å²) < 4.78 is 6.07. The van der Waals surface area contributed by atoms with E-state index in [-0.39, 0.29) is 68.2 Å². The number of piperidine rings is 1. The topological polar surface area (TPSA) is 94.6 Å². The highest BCUT2D eigenvalue weighted by Gasteiger charge is 2.14. The summed E-state index contributed by atoms with van der Waals surface area (Å²) >= 11 is 0. The van der Waals surface area contributed by atoms with Crippen molar-refractivity contribution in [2.75, 3.05) is 37.7 Å². The number of nitrogens with one attached hydrogen (secondary N) is 2. The number of aliphatic hydroxyl groups excluding tert-OH is 1. The van der Waals surface area contributed by atoms with Crippen molar-refractivity contribution in [3.8, 4) is 5.75 Å². The number of ether oxygens (including phenoxy) is 1. The van der Waals surface area contributed by atoms with Gasteiger partial charge in [0.25, 0.3) is 0 Å². The maximum absolute atomic E-state index is 9.45. The van der Waals surface area contributed by atoms with E-state index < -0.39 is 0 Å². The Morgan fingerprint density at radius 2 is 1.76 bits per heavy atom. The number of amidine groups is 1. The van der Waals surface area contributed by atoms with Crippen LogP contribution in [0, 0.1) is 5.41 Å². The number of nitrogens with zero attached hydrogens (tertiary/aromatic N) is 1. The third kappa shape index (κ3) is 10.9. The highest BCUT2D eigenvalue weighted by atomic mass is 35.5. The van der Waals surface area contributed by atoms with Crippen LogP contribution in [-0.4, -0.2) is 49.8 Å². The van der Waals surface area contributed by atoms with Gasteiger partial charge in [-0.15, -0.1) is 49.6 Å². The molecule has 0 amide bonds. The Balaban J connectivity index is 0. The fraction of sp³-hybridized carbons (Fsp3) is 0.348. The lowest BCUT2D eigenvalue weighted by atomic mass is 10.1. The van der Waals surface area contributed by atoms with Crippen molar-refractivity contribution >= 4 is 67.2 Å². The molecule has 2 aromatic carbocycles. The van der Waals surface area contributed by atoms with Crippen LogP contribution in [0.4, 0.5) is 5.69 Å². The lowest BCUT2D eigenvalue weighted by molar-refractivity contribution is 0.162. The van der Waals surface area contributed by atoms with Crippen molar-refractivity contribution in [1.82, 2.24) is 5.32 Å². The van der Waals surface area contributed by atoms with Gasteiger partial charge in [0, 0.05) is 24.3 Å². The van der Waals surface area contributed by atoms with E-state index in [1.54, 1.807) is 0 Å². The van der Waals surface area contributed by atoms with Crippen LogP contribution in [0.2, 0.25) is 0 Å². The Labute approximate surface area is 221 Å². The van der Waals surface area contributed by atoms with Crippen molar-refractivity contribution in [1.29, 1.82) is 5.41 Å². The molecule has 1 saturated heterocycles. The minimum absolute atomic E-state index is 0. The fourth-order valence-electron chi connectivity index (χ4n) is 3.41. The van der Waals surface area contributed by atoms with Crippen LogP contribution in [-0.2, 0) is 0 Å². The minimum atomic E-state index is 0. The highest BCUT2D eigenvalue weighted by molar-refractivity contribution is 5.95. The number of benzene rings is 2. The number of aliphatic hydroxyl groups is 1. The van der Waals surface area contributed by atoms with Gasteiger partial charge in [-0.1, -0.05) is 30.4 Å². The van der Waals surface area contributed by atoms with Crippen LogP contribution in [0.1, 0.15) is 24.0 Å². The van der Waals surface area contributed by atoms with Gasteiger partial charge in [0.1, 0.15) is 17.7 Å². The zero-order chi connectivity index (χ0) is 20.5. The van der Waals surface area contributed by atoms with E-state index >= 15 is 0 Å². The number of hydrogen-bond acceptors (Lipinski definition) is 5. The van der Waals surface area contributed by atoms with E-state index in [9.17, 15) is 5.11 Å². The summed E-state index contributed by atoms with van der Waals surface area (Å²) in [6.07, 6.45) is 6.41. The van der Waals surface area contributed by atoms with Crippen molar-refractivity contribution in [3.63, 3.8) is 0 Å². The quantitative estimate of drug-likeness (QED) is 0.281. The molecule has 33 heavy (non-hydrogen) atoms. The van der Waals surface area contributed by atoms with E-state index in [2.05, 4.69) is 10.2 Å². The van der Waals surface area contributed by atoms with Crippen LogP contribution in [0.15, 0.2) is 54.6 Å². The van der Waals surface area contributed by atoms with E-state index in [0.717, 1.165) is 42.9 Å². The molecule has 0 spiro atoms. The zero-order valence-corrected chi connectivity index (χ0v) is 21.6. The molecular weight excluding hydrogens is 506 g/mol. The number of nitrogens with two attached hydrogens (primary N) is 1. The Morgan fingerprint density at radius 1 is 1.09 bits per heavy atom. The minimum Gasteiger partial charge on any atom is -0.490 e. The number of anilines is 1. The molecule has 0 aliphatic carbocycles. The Hall–Kier alpha value is -1.67. The van der Waals surface area contributed by atoms with Gasteiger partial charge in [-0.25, -0.2) is 0 Å². The smallest absolute Gasteiger partial charge is 0.122 e. The van der Waals surface area contributed by atoms with Crippen molar-refractivity contribution in [2.24, 2.45) is 5.73 Å².